The Morgan fingerprint density at radius 1 is 0.958 bits per heavy atom. The molecule has 24 heavy (non-hydrogen) atoms. The van der Waals surface area contributed by atoms with E-state index in [4.69, 9.17) is 0 Å². The van der Waals surface area contributed by atoms with Gasteiger partial charge < -0.3 is 9.97 Å². The molecule has 118 valence electrons. The number of benzene rings is 2. The molecule has 1 aliphatic carbocycles. The highest BCUT2D eigenvalue weighted by atomic mass is 16.1. The normalized spacial score (nSPS) is 15.8. The number of aromatic nitrogens is 2. The second-order valence-electron chi connectivity index (χ2n) is 6.72. The van der Waals surface area contributed by atoms with Crippen LogP contribution in [0.2, 0.25) is 0 Å². The van der Waals surface area contributed by atoms with Gasteiger partial charge in [-0.3, -0.25) is 4.79 Å². The molecule has 4 aromatic rings. The summed E-state index contributed by atoms with van der Waals surface area (Å²) in [7, 11) is 0. The van der Waals surface area contributed by atoms with E-state index in [0.717, 1.165) is 34.0 Å². The Balaban J connectivity index is 1.77. The summed E-state index contributed by atoms with van der Waals surface area (Å²) in [5.74, 6) is 0.852. The molecule has 0 radical (unpaired) electrons. The Morgan fingerprint density at radius 3 is 2.42 bits per heavy atom. The summed E-state index contributed by atoms with van der Waals surface area (Å²) in [4.78, 5) is 18.8. The first kappa shape index (κ1) is 13.6. The smallest absolute Gasteiger partial charge is 0.152 e. The topological polar surface area (TPSA) is 48.6 Å². The van der Waals surface area contributed by atoms with Gasteiger partial charge in [0.2, 0.25) is 0 Å². The van der Waals surface area contributed by atoms with Crippen molar-refractivity contribution < 1.29 is 4.79 Å². The number of aromatic amines is 2. The maximum Gasteiger partial charge on any atom is 0.152 e. The molecule has 0 aliphatic heterocycles. The van der Waals surface area contributed by atoms with Gasteiger partial charge in [-0.2, -0.15) is 0 Å². The van der Waals surface area contributed by atoms with E-state index < -0.39 is 0 Å². The minimum atomic E-state index is 0.244. The van der Waals surface area contributed by atoms with Crippen molar-refractivity contribution in [3.05, 3.63) is 71.5 Å². The van der Waals surface area contributed by atoms with Crippen molar-refractivity contribution in [2.24, 2.45) is 5.92 Å². The number of nitrogens with one attached hydrogen (secondary N) is 2. The van der Waals surface area contributed by atoms with E-state index in [9.17, 15) is 4.79 Å². The van der Waals surface area contributed by atoms with Crippen LogP contribution in [0.4, 0.5) is 0 Å². The fourth-order valence-electron chi connectivity index (χ4n) is 3.98. The quantitative estimate of drug-likeness (QED) is 0.511. The monoisotopic (exact) mass is 314 g/mol. The Bertz CT molecular complexity index is 1050. The number of hydrogen-bond acceptors (Lipinski definition) is 1. The molecule has 1 atom stereocenters. The van der Waals surface area contributed by atoms with E-state index in [1.165, 1.54) is 23.8 Å². The third-order valence-electron chi connectivity index (χ3n) is 5.26. The number of rotatable bonds is 4. The summed E-state index contributed by atoms with van der Waals surface area (Å²) in [6.45, 7) is 0. The van der Waals surface area contributed by atoms with Gasteiger partial charge in [-0.15, -0.1) is 0 Å². The van der Waals surface area contributed by atoms with Crippen LogP contribution in [-0.4, -0.2) is 16.3 Å². The lowest BCUT2D eigenvalue weighted by Crippen LogP contribution is -2.06. The van der Waals surface area contributed by atoms with Crippen molar-refractivity contribution >= 4 is 28.1 Å². The number of fused-ring (bicyclic) bond motifs is 2. The lowest BCUT2D eigenvalue weighted by Gasteiger charge is -2.16. The van der Waals surface area contributed by atoms with Gasteiger partial charge in [-0.1, -0.05) is 36.4 Å². The van der Waals surface area contributed by atoms with Crippen LogP contribution >= 0.6 is 0 Å². The van der Waals surface area contributed by atoms with Crippen LogP contribution in [0.25, 0.3) is 21.8 Å². The molecular formula is C21H18N2O. The van der Waals surface area contributed by atoms with E-state index in [1.807, 2.05) is 24.3 Å². The van der Waals surface area contributed by atoms with Gasteiger partial charge in [0.15, 0.2) is 6.29 Å². The number of hydrogen-bond donors (Lipinski definition) is 2. The molecule has 0 saturated heterocycles. The molecule has 0 bridgehead atoms. The molecule has 1 saturated carbocycles. The third-order valence-corrected chi connectivity index (χ3v) is 5.26. The van der Waals surface area contributed by atoms with E-state index >= 15 is 0 Å². The molecule has 2 heterocycles. The highest BCUT2D eigenvalue weighted by Gasteiger charge is 2.37. The van der Waals surface area contributed by atoms with Crippen molar-refractivity contribution in [3.8, 4) is 0 Å². The van der Waals surface area contributed by atoms with Crippen LogP contribution in [0.1, 0.15) is 40.4 Å². The molecule has 1 fully saturated rings. The SMILES string of the molecule is O=Cc1c(C(c2c[nH]c3ccccc23)C2CC2)[nH]c2ccccc12. The summed E-state index contributed by atoms with van der Waals surface area (Å²) >= 11 is 0. The fraction of sp³-hybridized carbons (Fsp3) is 0.190. The Labute approximate surface area is 139 Å². The molecule has 0 spiro atoms. The van der Waals surface area contributed by atoms with E-state index in [0.29, 0.717) is 5.92 Å². The van der Waals surface area contributed by atoms with Crippen LogP contribution in [0.3, 0.4) is 0 Å². The minimum Gasteiger partial charge on any atom is -0.361 e. The maximum atomic E-state index is 11.9. The number of aldehydes is 1. The standard InChI is InChI=1S/C21H18N2O/c24-12-17-15-6-2-4-8-19(15)23-21(17)20(13-9-10-13)16-11-22-18-7-3-1-5-14(16)18/h1-8,11-13,20,22-23H,9-10H2. The summed E-state index contributed by atoms with van der Waals surface area (Å²) < 4.78 is 0. The van der Waals surface area contributed by atoms with Crippen molar-refractivity contribution in [2.75, 3.05) is 0 Å². The van der Waals surface area contributed by atoms with Crippen LogP contribution < -0.4 is 0 Å². The summed E-state index contributed by atoms with van der Waals surface area (Å²) in [6.07, 6.45) is 5.57. The lowest BCUT2D eigenvalue weighted by molar-refractivity contribution is 0.112. The van der Waals surface area contributed by atoms with Gasteiger partial charge in [-0.25, -0.2) is 0 Å². The average molecular weight is 314 g/mol. The van der Waals surface area contributed by atoms with Gasteiger partial charge in [0.05, 0.1) is 0 Å². The highest BCUT2D eigenvalue weighted by Crippen LogP contribution is 2.49. The summed E-state index contributed by atoms with van der Waals surface area (Å²) in [5, 5.41) is 2.28. The van der Waals surface area contributed by atoms with E-state index in [2.05, 4.69) is 40.4 Å². The lowest BCUT2D eigenvalue weighted by atomic mass is 9.88. The number of carbonyl (C=O) groups excluding carboxylic acids is 1. The second kappa shape index (κ2) is 5.10. The second-order valence-corrected chi connectivity index (χ2v) is 6.72. The molecule has 2 N–H and O–H groups in total. The Kier molecular flexibility index (Phi) is 2.89. The highest BCUT2D eigenvalue weighted by molar-refractivity contribution is 5.99. The predicted octanol–water partition coefficient (Wildman–Crippen LogP) is 5.00. The van der Waals surface area contributed by atoms with E-state index in [1.54, 1.807) is 0 Å². The van der Waals surface area contributed by atoms with Crippen molar-refractivity contribution in [1.29, 1.82) is 0 Å². The minimum absolute atomic E-state index is 0.244. The van der Waals surface area contributed by atoms with Crippen LogP contribution in [-0.2, 0) is 0 Å². The molecule has 0 amide bonds. The van der Waals surface area contributed by atoms with E-state index in [-0.39, 0.29) is 5.92 Å². The van der Waals surface area contributed by atoms with Gasteiger partial charge in [0.25, 0.3) is 0 Å². The predicted molar refractivity (Wildman–Crippen MR) is 96.6 cm³/mol. The van der Waals surface area contributed by atoms with Gasteiger partial charge in [0, 0.05) is 45.2 Å². The maximum absolute atomic E-state index is 11.9. The summed E-state index contributed by atoms with van der Waals surface area (Å²) in [6, 6.07) is 16.5. The largest absolute Gasteiger partial charge is 0.361 e. The van der Waals surface area contributed by atoms with Gasteiger partial charge in [-0.05, 0) is 36.5 Å². The average Bonchev–Trinajstić information content (AvgIpc) is 3.26. The first-order chi connectivity index (χ1) is 11.9. The molecule has 3 nitrogen and oxygen atoms in total. The summed E-state index contributed by atoms with van der Waals surface area (Å²) in [5.41, 5.74) is 5.37. The molecule has 5 rings (SSSR count). The van der Waals surface area contributed by atoms with Gasteiger partial charge >= 0.3 is 0 Å². The zero-order valence-corrected chi connectivity index (χ0v) is 13.3. The van der Waals surface area contributed by atoms with Crippen molar-refractivity contribution in [3.63, 3.8) is 0 Å². The molecule has 1 unspecified atom stereocenters. The molecule has 1 aliphatic rings. The molecule has 2 aromatic heterocycles. The third kappa shape index (κ3) is 1.94. The van der Waals surface area contributed by atoms with Crippen molar-refractivity contribution in [1.82, 2.24) is 9.97 Å². The number of carbonyl (C=O) groups is 1. The Morgan fingerprint density at radius 2 is 1.67 bits per heavy atom. The number of H-pyrrole nitrogens is 2. The molecular weight excluding hydrogens is 296 g/mol. The first-order valence-corrected chi connectivity index (χ1v) is 8.48. The molecule has 3 heteroatoms. The zero-order valence-electron chi connectivity index (χ0n) is 13.3. The Hall–Kier alpha value is -2.81. The zero-order chi connectivity index (χ0) is 16.1. The first-order valence-electron chi connectivity index (χ1n) is 8.48. The van der Waals surface area contributed by atoms with Crippen LogP contribution in [0.5, 0.6) is 0 Å². The van der Waals surface area contributed by atoms with Crippen LogP contribution in [0, 0.1) is 5.92 Å². The van der Waals surface area contributed by atoms with Gasteiger partial charge in [0.1, 0.15) is 0 Å². The molecule has 2 aromatic carbocycles. The van der Waals surface area contributed by atoms with Crippen molar-refractivity contribution in [2.45, 2.75) is 18.8 Å². The van der Waals surface area contributed by atoms with Crippen LogP contribution in [0.15, 0.2) is 54.7 Å². The fourth-order valence-corrected chi connectivity index (χ4v) is 3.98. The number of para-hydroxylation sites is 2.